The highest BCUT2D eigenvalue weighted by molar-refractivity contribution is 6.60. The lowest BCUT2D eigenvalue weighted by molar-refractivity contribution is -0.311. The lowest BCUT2D eigenvalue weighted by Gasteiger charge is -2.52. The molecule has 0 amide bonds. The minimum absolute atomic E-state index is 0.0818. The van der Waals surface area contributed by atoms with E-state index >= 15 is 0 Å². The zero-order valence-electron chi connectivity index (χ0n) is 27.9. The summed E-state index contributed by atoms with van der Waals surface area (Å²) in [6.45, 7) is 17.1. The van der Waals surface area contributed by atoms with Gasteiger partial charge in [0.05, 0.1) is 0 Å². The fraction of sp³-hybridized carbons (Fsp3) is 0.794. The summed E-state index contributed by atoms with van der Waals surface area (Å²) in [6.07, 6.45) is 12.4. The molecule has 1 atom stereocenters. The second kappa shape index (κ2) is 19.2. The number of piperidine rings is 1. The van der Waals surface area contributed by atoms with E-state index in [1.165, 1.54) is 32.1 Å². The number of carbonyl (C=O) groups excluding carboxylic acids is 1. The smallest absolute Gasteiger partial charge is 0.462 e. The highest BCUT2D eigenvalue weighted by Crippen LogP contribution is 2.40. The number of ether oxygens (including phenoxy) is 1. The summed E-state index contributed by atoms with van der Waals surface area (Å²) in [6, 6.07) is 11.0. The number of unbranched alkanes of at least 4 members (excludes halogenated alkanes) is 7. The van der Waals surface area contributed by atoms with Gasteiger partial charge in [0.2, 0.25) is 0 Å². The standard InChI is InChI=1S/C34H61NO6Si/c1-8-38-42(39-9-2,40-10-3)28-21-16-14-12-11-13-15-20-25-32(36)37-29-31(30-23-18-17-19-24-30)41-35-33(4,5)26-22-27-34(35,6)7/h17-19,23-24,31H,8-16,20-22,25-29H2,1-7H3. The first-order valence-corrected chi connectivity index (χ1v) is 18.6. The van der Waals surface area contributed by atoms with Gasteiger partial charge in [-0.25, -0.2) is 0 Å². The van der Waals surface area contributed by atoms with Crippen LogP contribution < -0.4 is 0 Å². The lowest BCUT2D eigenvalue weighted by Crippen LogP contribution is -2.58. The number of nitrogens with zero attached hydrogens (tertiary/aromatic N) is 1. The van der Waals surface area contributed by atoms with E-state index in [-0.39, 0.29) is 29.8 Å². The van der Waals surface area contributed by atoms with Gasteiger partial charge >= 0.3 is 14.8 Å². The van der Waals surface area contributed by atoms with Gasteiger partial charge < -0.3 is 18.0 Å². The van der Waals surface area contributed by atoms with Crippen molar-refractivity contribution in [2.45, 2.75) is 149 Å². The molecule has 0 aliphatic carbocycles. The number of carbonyl (C=O) groups is 1. The summed E-state index contributed by atoms with van der Waals surface area (Å²) >= 11 is 0. The van der Waals surface area contributed by atoms with E-state index < -0.39 is 8.80 Å². The Labute approximate surface area is 258 Å². The fourth-order valence-corrected chi connectivity index (χ4v) is 8.84. The molecule has 0 spiro atoms. The first-order valence-electron chi connectivity index (χ1n) is 16.7. The molecule has 242 valence electrons. The first kappa shape index (κ1) is 36.9. The summed E-state index contributed by atoms with van der Waals surface area (Å²) in [4.78, 5) is 19.3. The van der Waals surface area contributed by atoms with Gasteiger partial charge in [0.25, 0.3) is 0 Å². The van der Waals surface area contributed by atoms with Crippen molar-refractivity contribution in [3.8, 4) is 0 Å². The average molecular weight is 608 g/mol. The number of rotatable bonds is 22. The third kappa shape index (κ3) is 12.7. The van der Waals surface area contributed by atoms with Crippen molar-refractivity contribution < 1.29 is 27.6 Å². The Morgan fingerprint density at radius 3 is 1.81 bits per heavy atom. The number of hydrogen-bond donors (Lipinski definition) is 0. The molecule has 2 rings (SSSR count). The summed E-state index contributed by atoms with van der Waals surface area (Å²) in [5.74, 6) is -0.137. The third-order valence-corrected chi connectivity index (χ3v) is 11.3. The Morgan fingerprint density at radius 1 is 0.786 bits per heavy atom. The molecule has 8 heteroatoms. The second-order valence-electron chi connectivity index (χ2n) is 12.8. The van der Waals surface area contributed by atoms with Crippen molar-refractivity contribution in [2.24, 2.45) is 0 Å². The van der Waals surface area contributed by atoms with E-state index in [1.807, 2.05) is 39.0 Å². The predicted octanol–water partition coefficient (Wildman–Crippen LogP) is 8.80. The summed E-state index contributed by atoms with van der Waals surface area (Å²) in [7, 11) is -2.50. The largest absolute Gasteiger partial charge is 0.500 e. The Morgan fingerprint density at radius 2 is 1.29 bits per heavy atom. The zero-order valence-corrected chi connectivity index (χ0v) is 28.9. The second-order valence-corrected chi connectivity index (χ2v) is 15.5. The monoisotopic (exact) mass is 607 g/mol. The van der Waals surface area contributed by atoms with Crippen LogP contribution in [0.5, 0.6) is 0 Å². The van der Waals surface area contributed by atoms with E-state index in [1.54, 1.807) is 0 Å². The van der Waals surface area contributed by atoms with Crippen molar-refractivity contribution in [3.63, 3.8) is 0 Å². The van der Waals surface area contributed by atoms with Crippen molar-refractivity contribution in [1.29, 1.82) is 0 Å². The molecule has 0 N–H and O–H groups in total. The fourth-order valence-electron chi connectivity index (χ4n) is 6.16. The Bertz CT molecular complexity index is 832. The van der Waals surface area contributed by atoms with E-state index in [0.29, 0.717) is 26.2 Å². The molecule has 1 unspecified atom stereocenters. The molecule has 1 heterocycles. The number of esters is 1. The van der Waals surface area contributed by atoms with Crippen LogP contribution in [0.1, 0.15) is 137 Å². The molecule has 42 heavy (non-hydrogen) atoms. The third-order valence-electron chi connectivity index (χ3n) is 8.18. The maximum Gasteiger partial charge on any atom is 0.500 e. The van der Waals surface area contributed by atoms with Gasteiger partial charge in [0.1, 0.15) is 12.7 Å². The highest BCUT2D eigenvalue weighted by atomic mass is 28.4. The molecular formula is C34H61NO6Si. The molecule has 1 aliphatic rings. The molecule has 0 bridgehead atoms. The normalized spacial score (nSPS) is 17.7. The number of hydrogen-bond acceptors (Lipinski definition) is 7. The molecular weight excluding hydrogens is 546 g/mol. The number of hydroxylamine groups is 2. The van der Waals surface area contributed by atoms with E-state index in [0.717, 1.165) is 50.1 Å². The SMILES string of the molecule is CCO[Si](CCCCCCCCCCC(=O)OCC(ON1C(C)(C)CCCC1(C)C)c1ccccc1)(OCC)OCC. The Kier molecular flexibility index (Phi) is 16.8. The molecule has 1 aromatic carbocycles. The number of benzene rings is 1. The van der Waals surface area contributed by atoms with Gasteiger partial charge in [-0.3, -0.25) is 9.63 Å². The minimum Gasteiger partial charge on any atom is -0.462 e. The van der Waals surface area contributed by atoms with Crippen molar-refractivity contribution in [3.05, 3.63) is 35.9 Å². The Hall–Kier alpha value is -1.29. The van der Waals surface area contributed by atoms with Gasteiger partial charge in [-0.2, -0.15) is 5.06 Å². The van der Waals surface area contributed by atoms with Gasteiger partial charge in [0, 0.05) is 43.4 Å². The summed E-state index contributed by atoms with van der Waals surface area (Å²) in [5.41, 5.74) is 0.868. The molecule has 1 fully saturated rings. The van der Waals surface area contributed by atoms with E-state index in [9.17, 15) is 4.79 Å². The molecule has 1 aliphatic heterocycles. The van der Waals surface area contributed by atoms with E-state index in [2.05, 4.69) is 44.9 Å². The molecule has 0 aromatic heterocycles. The van der Waals surface area contributed by atoms with Crippen LogP contribution in [0.25, 0.3) is 0 Å². The van der Waals surface area contributed by atoms with Crippen LogP contribution in [-0.2, 0) is 27.6 Å². The molecule has 1 saturated heterocycles. The quantitative estimate of drug-likeness (QED) is 0.0741. The molecule has 0 radical (unpaired) electrons. The van der Waals surface area contributed by atoms with Crippen molar-refractivity contribution >= 4 is 14.8 Å². The van der Waals surface area contributed by atoms with Gasteiger partial charge in [-0.05, 0) is 86.1 Å². The molecule has 0 saturated carbocycles. The maximum absolute atomic E-state index is 12.6. The van der Waals surface area contributed by atoms with Crippen LogP contribution in [0.4, 0.5) is 0 Å². The van der Waals surface area contributed by atoms with Crippen LogP contribution >= 0.6 is 0 Å². The van der Waals surface area contributed by atoms with Gasteiger partial charge in [-0.1, -0.05) is 68.9 Å². The summed E-state index contributed by atoms with van der Waals surface area (Å²) in [5, 5.41) is 2.16. The van der Waals surface area contributed by atoms with Gasteiger partial charge in [-0.15, -0.1) is 0 Å². The average Bonchev–Trinajstić information content (AvgIpc) is 2.94. The lowest BCUT2D eigenvalue weighted by atomic mass is 9.82. The molecule has 1 aromatic rings. The predicted molar refractivity (Wildman–Crippen MR) is 172 cm³/mol. The highest BCUT2D eigenvalue weighted by Gasteiger charge is 2.44. The van der Waals surface area contributed by atoms with Crippen LogP contribution in [0.15, 0.2) is 30.3 Å². The topological polar surface area (TPSA) is 66.5 Å². The van der Waals surface area contributed by atoms with Crippen LogP contribution in [0, 0.1) is 0 Å². The van der Waals surface area contributed by atoms with Crippen LogP contribution in [0.3, 0.4) is 0 Å². The zero-order chi connectivity index (χ0) is 30.9. The Balaban J connectivity index is 1.67. The van der Waals surface area contributed by atoms with Crippen molar-refractivity contribution in [1.82, 2.24) is 5.06 Å². The first-order chi connectivity index (χ1) is 20.1. The maximum atomic E-state index is 12.6. The van der Waals surface area contributed by atoms with Crippen LogP contribution in [-0.4, -0.2) is 57.3 Å². The van der Waals surface area contributed by atoms with E-state index in [4.69, 9.17) is 22.9 Å². The molecule has 7 nitrogen and oxygen atoms in total. The van der Waals surface area contributed by atoms with Crippen molar-refractivity contribution in [2.75, 3.05) is 26.4 Å². The van der Waals surface area contributed by atoms with Crippen LogP contribution in [0.2, 0.25) is 6.04 Å². The summed E-state index contributed by atoms with van der Waals surface area (Å²) < 4.78 is 23.6. The van der Waals surface area contributed by atoms with Gasteiger partial charge in [0.15, 0.2) is 0 Å². The minimum atomic E-state index is -2.50.